The van der Waals surface area contributed by atoms with E-state index in [0.717, 1.165) is 12.2 Å². The van der Waals surface area contributed by atoms with Crippen molar-refractivity contribution in [3.63, 3.8) is 0 Å². The van der Waals surface area contributed by atoms with Gasteiger partial charge < -0.3 is 10.2 Å². The maximum Gasteiger partial charge on any atom is 0.214 e. The Hall–Kier alpha value is -1.16. The largest absolute Gasteiger partial charge is 0.383 e. The molecule has 1 N–H and O–H groups in total. The molecule has 0 amide bonds. The molecule has 0 aliphatic carbocycles. The first kappa shape index (κ1) is 11.9. The van der Waals surface area contributed by atoms with Crippen LogP contribution in [0.5, 0.6) is 0 Å². The molecule has 3 nitrogen and oxygen atoms in total. The summed E-state index contributed by atoms with van der Waals surface area (Å²) in [5.41, 5.74) is 0.789. The first-order valence-corrected chi connectivity index (χ1v) is 4.95. The number of likely N-dealkylation sites (N-methyl/N-ethyl adjacent to an activating group) is 1. The van der Waals surface area contributed by atoms with Gasteiger partial charge in [0.25, 0.3) is 0 Å². The third kappa shape index (κ3) is 3.47. The Balaban J connectivity index is 2.57. The molecule has 15 heavy (non-hydrogen) atoms. The number of hydrogen-bond acceptors (Lipinski definition) is 3. The topological polar surface area (TPSA) is 28.2 Å². The summed E-state index contributed by atoms with van der Waals surface area (Å²) in [5.74, 6) is -0.456. The van der Waals surface area contributed by atoms with Gasteiger partial charge in [-0.1, -0.05) is 0 Å². The van der Waals surface area contributed by atoms with E-state index in [2.05, 4.69) is 29.0 Å². The lowest BCUT2D eigenvalue weighted by Gasteiger charge is -2.33. The third-order valence-electron chi connectivity index (χ3n) is 2.66. The van der Waals surface area contributed by atoms with Crippen molar-refractivity contribution in [3.05, 3.63) is 24.3 Å². The molecule has 0 fully saturated rings. The van der Waals surface area contributed by atoms with E-state index >= 15 is 0 Å². The van der Waals surface area contributed by atoms with Crippen LogP contribution in [0.15, 0.2) is 18.3 Å². The summed E-state index contributed by atoms with van der Waals surface area (Å²) < 4.78 is 12.8. The van der Waals surface area contributed by atoms with E-state index in [0.29, 0.717) is 0 Å². The number of nitrogens with one attached hydrogen (secondary N) is 1. The van der Waals surface area contributed by atoms with E-state index < -0.39 is 5.95 Å². The molecule has 0 saturated carbocycles. The van der Waals surface area contributed by atoms with Crippen molar-refractivity contribution >= 4 is 5.69 Å². The van der Waals surface area contributed by atoms with E-state index in [9.17, 15) is 4.39 Å². The minimum atomic E-state index is -0.456. The third-order valence-corrected chi connectivity index (χ3v) is 2.66. The zero-order valence-corrected chi connectivity index (χ0v) is 9.71. The van der Waals surface area contributed by atoms with Gasteiger partial charge in [-0.15, -0.1) is 0 Å². The fraction of sp³-hybridized carbons (Fsp3) is 0.545. The molecule has 0 atom stereocenters. The summed E-state index contributed by atoms with van der Waals surface area (Å²) in [6.07, 6.45) is 1.46. The monoisotopic (exact) mass is 211 g/mol. The highest BCUT2D eigenvalue weighted by molar-refractivity contribution is 5.41. The van der Waals surface area contributed by atoms with Gasteiger partial charge in [0.15, 0.2) is 0 Å². The maximum absolute atomic E-state index is 12.8. The standard InChI is InChI=1S/C11H18FN3/c1-11(2,15(3)4)8-14-9-5-6-13-10(12)7-9/h5-7H,8H2,1-4H3,(H,13,14). The van der Waals surface area contributed by atoms with Crippen LogP contribution < -0.4 is 5.32 Å². The minimum absolute atomic E-state index is 0.0275. The second-order valence-electron chi connectivity index (χ2n) is 4.43. The molecule has 84 valence electrons. The van der Waals surface area contributed by atoms with E-state index in [1.54, 1.807) is 6.07 Å². The van der Waals surface area contributed by atoms with Gasteiger partial charge in [0.2, 0.25) is 5.95 Å². The van der Waals surface area contributed by atoms with Crippen molar-refractivity contribution < 1.29 is 4.39 Å². The summed E-state index contributed by atoms with van der Waals surface area (Å²) in [7, 11) is 4.05. The molecule has 4 heteroatoms. The molecule has 0 aliphatic heterocycles. The Bertz CT molecular complexity index is 323. The molecule has 1 heterocycles. The van der Waals surface area contributed by atoms with E-state index in [4.69, 9.17) is 0 Å². The molecule has 1 aromatic rings. The molecular formula is C11H18FN3. The fourth-order valence-corrected chi connectivity index (χ4v) is 0.989. The van der Waals surface area contributed by atoms with Crippen LogP contribution in [-0.4, -0.2) is 36.1 Å². The normalized spacial score (nSPS) is 11.9. The van der Waals surface area contributed by atoms with Gasteiger partial charge in [-0.3, -0.25) is 0 Å². The smallest absolute Gasteiger partial charge is 0.214 e. The lowest BCUT2D eigenvalue weighted by atomic mass is 10.0. The molecule has 1 rings (SSSR count). The zero-order chi connectivity index (χ0) is 11.5. The lowest BCUT2D eigenvalue weighted by molar-refractivity contribution is 0.210. The minimum Gasteiger partial charge on any atom is -0.383 e. The molecule has 0 unspecified atom stereocenters. The summed E-state index contributed by atoms with van der Waals surface area (Å²) in [6, 6.07) is 3.15. The van der Waals surface area contributed by atoms with Crippen LogP contribution in [0, 0.1) is 5.95 Å². The van der Waals surface area contributed by atoms with Crippen molar-refractivity contribution in [2.24, 2.45) is 0 Å². The van der Waals surface area contributed by atoms with Crippen LogP contribution in [-0.2, 0) is 0 Å². The molecule has 0 aliphatic rings. The van der Waals surface area contributed by atoms with Gasteiger partial charge in [-0.25, -0.2) is 4.98 Å². The SMILES string of the molecule is CN(C)C(C)(C)CNc1ccnc(F)c1. The molecular weight excluding hydrogens is 193 g/mol. The van der Waals surface area contributed by atoms with Crippen molar-refractivity contribution in [2.45, 2.75) is 19.4 Å². The first-order valence-electron chi connectivity index (χ1n) is 4.95. The van der Waals surface area contributed by atoms with Crippen molar-refractivity contribution in [3.8, 4) is 0 Å². The Morgan fingerprint density at radius 2 is 2.13 bits per heavy atom. The van der Waals surface area contributed by atoms with Gasteiger partial charge in [0, 0.05) is 30.0 Å². The van der Waals surface area contributed by atoms with Crippen LogP contribution in [0.25, 0.3) is 0 Å². The lowest BCUT2D eigenvalue weighted by Crippen LogP contribution is -2.44. The van der Waals surface area contributed by atoms with Crippen LogP contribution in [0.3, 0.4) is 0 Å². The average Bonchev–Trinajstić information content (AvgIpc) is 2.15. The number of aromatic nitrogens is 1. The number of nitrogens with zero attached hydrogens (tertiary/aromatic N) is 2. The van der Waals surface area contributed by atoms with Gasteiger partial charge in [-0.05, 0) is 34.0 Å². The van der Waals surface area contributed by atoms with Gasteiger partial charge in [0.05, 0.1) is 0 Å². The van der Waals surface area contributed by atoms with E-state index in [1.807, 2.05) is 14.1 Å². The summed E-state index contributed by atoms with van der Waals surface area (Å²) in [6.45, 7) is 5.00. The Labute approximate surface area is 90.3 Å². The summed E-state index contributed by atoms with van der Waals surface area (Å²) in [5, 5.41) is 3.19. The molecule has 0 bridgehead atoms. The highest BCUT2D eigenvalue weighted by Crippen LogP contribution is 2.13. The number of rotatable bonds is 4. The molecule has 0 radical (unpaired) electrons. The molecule has 0 aromatic carbocycles. The van der Waals surface area contributed by atoms with Crippen molar-refractivity contribution in [1.29, 1.82) is 0 Å². The molecule has 0 saturated heterocycles. The van der Waals surface area contributed by atoms with Gasteiger partial charge in [0.1, 0.15) is 0 Å². The quantitative estimate of drug-likeness (QED) is 0.772. The summed E-state index contributed by atoms with van der Waals surface area (Å²) >= 11 is 0. The Kier molecular flexibility index (Phi) is 3.63. The van der Waals surface area contributed by atoms with Crippen LogP contribution >= 0.6 is 0 Å². The predicted octanol–water partition coefficient (Wildman–Crippen LogP) is 1.97. The average molecular weight is 211 g/mol. The highest BCUT2D eigenvalue weighted by Gasteiger charge is 2.19. The first-order chi connectivity index (χ1) is 6.92. The number of hydrogen-bond donors (Lipinski definition) is 1. The maximum atomic E-state index is 12.8. The number of anilines is 1. The molecule has 0 spiro atoms. The Morgan fingerprint density at radius 3 is 2.67 bits per heavy atom. The van der Waals surface area contributed by atoms with Crippen molar-refractivity contribution in [2.75, 3.05) is 26.0 Å². The number of halogens is 1. The van der Waals surface area contributed by atoms with Gasteiger partial charge >= 0.3 is 0 Å². The van der Waals surface area contributed by atoms with E-state index in [1.165, 1.54) is 12.3 Å². The second-order valence-corrected chi connectivity index (χ2v) is 4.43. The van der Waals surface area contributed by atoms with Gasteiger partial charge in [-0.2, -0.15) is 4.39 Å². The number of pyridine rings is 1. The van der Waals surface area contributed by atoms with E-state index in [-0.39, 0.29) is 5.54 Å². The summed E-state index contributed by atoms with van der Waals surface area (Å²) in [4.78, 5) is 5.62. The predicted molar refractivity (Wildman–Crippen MR) is 60.5 cm³/mol. The fourth-order valence-electron chi connectivity index (χ4n) is 0.989. The highest BCUT2D eigenvalue weighted by atomic mass is 19.1. The second kappa shape index (κ2) is 4.57. The Morgan fingerprint density at radius 1 is 1.47 bits per heavy atom. The van der Waals surface area contributed by atoms with Crippen LogP contribution in [0.2, 0.25) is 0 Å². The zero-order valence-electron chi connectivity index (χ0n) is 9.71. The van der Waals surface area contributed by atoms with Crippen LogP contribution in [0.1, 0.15) is 13.8 Å². The molecule has 1 aromatic heterocycles. The van der Waals surface area contributed by atoms with Crippen LogP contribution in [0.4, 0.5) is 10.1 Å². The van der Waals surface area contributed by atoms with Crippen molar-refractivity contribution in [1.82, 2.24) is 9.88 Å².